The molecule has 282 valence electrons. The predicted molar refractivity (Wildman–Crippen MR) is 195 cm³/mol. The lowest BCUT2D eigenvalue weighted by molar-refractivity contribution is -0.137. The van der Waals surface area contributed by atoms with Crippen LogP contribution in [0.15, 0.2) is 41.2 Å². The first-order chi connectivity index (χ1) is 24.4. The largest absolute Gasteiger partial charge is 0.390 e. The molecule has 4 N–H and O–H groups in total. The van der Waals surface area contributed by atoms with E-state index < -0.39 is 68.3 Å². The standard InChI is InChI=1S/C37H54N4O8S2/c1-37(2,36(46)41-15-17-49-18-16-41)51(47,48)23-28(26-11-7-4-8-12-26)20-32(42)39-31(21-29-22-50-24-38-29)35(45)40-30(19-25-9-5-3-6-10-25)34(44)33(43)27-13-14-27/h4,7-8,11-12,22,24-25,27-28,30-31,33-34,43-44H,3,5-6,9-10,13-21,23H2,1-2H3,(H,39,42)(H,40,45)/t28?,30-,31?,33-,34+/m0/s1. The van der Waals surface area contributed by atoms with Crippen LogP contribution in [-0.2, 0) is 35.4 Å². The zero-order valence-corrected chi connectivity index (χ0v) is 31.4. The first-order valence-corrected chi connectivity index (χ1v) is 20.9. The van der Waals surface area contributed by atoms with Gasteiger partial charge in [0.05, 0.1) is 42.3 Å². The van der Waals surface area contributed by atoms with Gasteiger partial charge in [-0.15, -0.1) is 11.3 Å². The fourth-order valence-electron chi connectivity index (χ4n) is 7.29. The molecule has 2 heterocycles. The smallest absolute Gasteiger partial charge is 0.243 e. The van der Waals surface area contributed by atoms with Crippen LogP contribution in [0.5, 0.6) is 0 Å². The maximum Gasteiger partial charge on any atom is 0.243 e. The van der Waals surface area contributed by atoms with Crippen LogP contribution in [0.25, 0.3) is 0 Å². The zero-order chi connectivity index (χ0) is 36.6. The Hall–Kier alpha value is -2.91. The molecule has 2 aromatic rings. The van der Waals surface area contributed by atoms with Crippen LogP contribution in [0, 0.1) is 11.8 Å². The van der Waals surface area contributed by atoms with E-state index in [2.05, 4.69) is 15.6 Å². The second-order valence-electron chi connectivity index (χ2n) is 15.0. The van der Waals surface area contributed by atoms with E-state index in [1.54, 1.807) is 41.2 Å². The molecule has 3 aliphatic rings. The Kier molecular flexibility index (Phi) is 13.7. The molecular formula is C37H54N4O8S2. The van der Waals surface area contributed by atoms with Crippen LogP contribution in [0.2, 0.25) is 0 Å². The molecular weight excluding hydrogens is 693 g/mol. The number of hydrogen-bond acceptors (Lipinski definition) is 10. The summed E-state index contributed by atoms with van der Waals surface area (Å²) in [6.45, 7) is 4.12. The van der Waals surface area contributed by atoms with Gasteiger partial charge in [-0.25, -0.2) is 13.4 Å². The van der Waals surface area contributed by atoms with Crippen molar-refractivity contribution in [2.45, 2.75) is 113 Å². The molecule has 0 radical (unpaired) electrons. The Balaban J connectivity index is 1.33. The van der Waals surface area contributed by atoms with Crippen LogP contribution in [0.1, 0.15) is 88.8 Å². The highest BCUT2D eigenvalue weighted by molar-refractivity contribution is 7.93. The van der Waals surface area contributed by atoms with Crippen molar-refractivity contribution < 1.29 is 37.8 Å². The molecule has 1 saturated heterocycles. The molecule has 2 unspecified atom stereocenters. The molecule has 14 heteroatoms. The van der Waals surface area contributed by atoms with Crippen molar-refractivity contribution in [2.24, 2.45) is 11.8 Å². The van der Waals surface area contributed by atoms with E-state index in [1.807, 2.05) is 0 Å². The zero-order valence-electron chi connectivity index (χ0n) is 29.7. The minimum Gasteiger partial charge on any atom is -0.390 e. The predicted octanol–water partition coefficient (Wildman–Crippen LogP) is 2.98. The molecule has 5 rings (SSSR count). The average Bonchev–Trinajstić information content (AvgIpc) is 3.86. The van der Waals surface area contributed by atoms with Gasteiger partial charge in [0.1, 0.15) is 16.9 Å². The number of morpholine rings is 1. The van der Waals surface area contributed by atoms with E-state index in [9.17, 15) is 33.0 Å². The van der Waals surface area contributed by atoms with Gasteiger partial charge in [-0.3, -0.25) is 14.4 Å². The number of thiazole rings is 1. The first-order valence-electron chi connectivity index (χ1n) is 18.3. The van der Waals surface area contributed by atoms with E-state index in [0.29, 0.717) is 49.9 Å². The first kappa shape index (κ1) is 39.3. The average molecular weight is 747 g/mol. The van der Waals surface area contributed by atoms with Crippen molar-refractivity contribution in [1.29, 1.82) is 0 Å². The highest BCUT2D eigenvalue weighted by Gasteiger charge is 2.46. The maximum absolute atomic E-state index is 14.0. The third-order valence-corrected chi connectivity index (χ3v) is 14.0. The summed E-state index contributed by atoms with van der Waals surface area (Å²) >= 11 is 1.36. The molecule has 1 aromatic carbocycles. The van der Waals surface area contributed by atoms with Crippen LogP contribution in [0.3, 0.4) is 0 Å². The number of carbonyl (C=O) groups excluding carboxylic acids is 3. The molecule has 2 aliphatic carbocycles. The molecule has 3 fully saturated rings. The SMILES string of the molecule is CC(C)(C(=O)N1CCOCC1)S(=O)(=O)CC(CC(=O)NC(Cc1cscn1)C(=O)N[C@@H](CC1CCCCC1)[C@@H](O)[C@@H](O)C1CC1)c1ccccc1. The number of aliphatic hydroxyl groups excluding tert-OH is 2. The molecule has 51 heavy (non-hydrogen) atoms. The van der Waals surface area contributed by atoms with E-state index in [-0.39, 0.29) is 18.8 Å². The van der Waals surface area contributed by atoms with Crippen LogP contribution < -0.4 is 10.6 Å². The minimum absolute atomic E-state index is 0.0107. The molecule has 1 aromatic heterocycles. The van der Waals surface area contributed by atoms with Gasteiger partial charge < -0.3 is 30.5 Å². The monoisotopic (exact) mass is 746 g/mol. The van der Waals surface area contributed by atoms with E-state index in [4.69, 9.17) is 4.74 Å². The Morgan fingerprint density at radius 2 is 1.71 bits per heavy atom. The highest BCUT2D eigenvalue weighted by atomic mass is 32.2. The van der Waals surface area contributed by atoms with Crippen molar-refractivity contribution in [3.05, 3.63) is 52.5 Å². The second kappa shape index (κ2) is 17.7. The molecule has 1 aliphatic heterocycles. The van der Waals surface area contributed by atoms with Gasteiger partial charge in [0.15, 0.2) is 9.84 Å². The third kappa shape index (κ3) is 10.6. The number of benzene rings is 1. The summed E-state index contributed by atoms with van der Waals surface area (Å²) in [6, 6.07) is 7.09. The Labute approximate surface area is 305 Å². The van der Waals surface area contributed by atoms with Gasteiger partial charge in [-0.2, -0.15) is 0 Å². The number of carbonyl (C=O) groups is 3. The van der Waals surface area contributed by atoms with Gasteiger partial charge in [-0.1, -0.05) is 62.4 Å². The van der Waals surface area contributed by atoms with Gasteiger partial charge in [0.25, 0.3) is 0 Å². The van der Waals surface area contributed by atoms with Gasteiger partial charge in [0, 0.05) is 37.2 Å². The van der Waals surface area contributed by atoms with E-state index in [1.165, 1.54) is 30.1 Å². The van der Waals surface area contributed by atoms with E-state index in [0.717, 1.165) is 44.9 Å². The molecule has 0 bridgehead atoms. The van der Waals surface area contributed by atoms with Crippen molar-refractivity contribution in [3.63, 3.8) is 0 Å². The van der Waals surface area contributed by atoms with Crippen molar-refractivity contribution in [1.82, 2.24) is 20.5 Å². The van der Waals surface area contributed by atoms with Crippen LogP contribution in [-0.4, -0.2) is 107 Å². The lowest BCUT2D eigenvalue weighted by Gasteiger charge is -2.34. The van der Waals surface area contributed by atoms with E-state index >= 15 is 0 Å². The van der Waals surface area contributed by atoms with Crippen molar-refractivity contribution in [3.8, 4) is 0 Å². The van der Waals surface area contributed by atoms with Crippen molar-refractivity contribution >= 4 is 38.9 Å². The highest BCUT2D eigenvalue weighted by Crippen LogP contribution is 2.36. The number of rotatable bonds is 17. The molecule has 12 nitrogen and oxygen atoms in total. The lowest BCUT2D eigenvalue weighted by Crippen LogP contribution is -2.56. The second-order valence-corrected chi connectivity index (χ2v) is 18.3. The minimum atomic E-state index is -4.09. The van der Waals surface area contributed by atoms with Crippen molar-refractivity contribution in [2.75, 3.05) is 32.1 Å². The summed E-state index contributed by atoms with van der Waals surface area (Å²) in [7, 11) is -4.09. The summed E-state index contributed by atoms with van der Waals surface area (Å²) in [5.41, 5.74) is 2.87. The third-order valence-electron chi connectivity index (χ3n) is 10.8. The number of hydrogen-bond donors (Lipinski definition) is 4. The summed E-state index contributed by atoms with van der Waals surface area (Å²) in [5.74, 6) is -2.47. The molecule has 5 atom stereocenters. The quantitative estimate of drug-likeness (QED) is 0.190. The number of nitrogens with zero attached hydrogens (tertiary/aromatic N) is 2. The fraction of sp³-hybridized carbons (Fsp3) is 0.676. The normalized spacial score (nSPS) is 20.5. The Bertz CT molecular complexity index is 1540. The van der Waals surface area contributed by atoms with Gasteiger partial charge in [-0.05, 0) is 50.5 Å². The Morgan fingerprint density at radius 1 is 1.02 bits per heavy atom. The number of amides is 3. The summed E-state index contributed by atoms with van der Waals surface area (Å²) in [5, 5.41) is 29.8. The number of aromatic nitrogens is 1. The number of sulfone groups is 1. The molecule has 2 saturated carbocycles. The Morgan fingerprint density at radius 3 is 2.33 bits per heavy atom. The number of aliphatic hydroxyl groups is 2. The van der Waals surface area contributed by atoms with Crippen LogP contribution in [0.4, 0.5) is 0 Å². The fourth-order valence-corrected chi connectivity index (χ4v) is 9.51. The van der Waals surface area contributed by atoms with Gasteiger partial charge >= 0.3 is 0 Å². The number of ether oxygens (including phenoxy) is 1. The summed E-state index contributed by atoms with van der Waals surface area (Å²) < 4.78 is 31.6. The summed E-state index contributed by atoms with van der Waals surface area (Å²) in [4.78, 5) is 47.2. The molecule has 0 spiro atoms. The molecule has 3 amide bonds. The maximum atomic E-state index is 14.0. The van der Waals surface area contributed by atoms with Crippen LogP contribution >= 0.6 is 11.3 Å². The van der Waals surface area contributed by atoms with Gasteiger partial charge in [0.2, 0.25) is 17.7 Å². The topological polar surface area (TPSA) is 175 Å². The lowest BCUT2D eigenvalue weighted by atomic mass is 9.82. The number of nitrogens with one attached hydrogen (secondary N) is 2. The summed E-state index contributed by atoms with van der Waals surface area (Å²) in [6.07, 6.45) is 5.28.